The maximum atomic E-state index is 5.73. The van der Waals surface area contributed by atoms with Crippen LogP contribution in [0.15, 0.2) is 48.5 Å². The van der Waals surface area contributed by atoms with Crippen LogP contribution in [-0.2, 0) is 6.42 Å². The molecule has 112 valence electrons. The Kier molecular flexibility index (Phi) is 5.20. The number of benzene rings is 2. The van der Waals surface area contributed by atoms with Gasteiger partial charge in [-0.1, -0.05) is 24.3 Å². The molecule has 1 unspecified atom stereocenters. The molecule has 4 heteroatoms. The van der Waals surface area contributed by atoms with Crippen molar-refractivity contribution >= 4 is 5.69 Å². The molecule has 21 heavy (non-hydrogen) atoms. The Labute approximate surface area is 126 Å². The molecule has 0 radical (unpaired) electrons. The van der Waals surface area contributed by atoms with Crippen LogP contribution in [0, 0.1) is 0 Å². The number of ether oxygens (including phenoxy) is 1. The van der Waals surface area contributed by atoms with Gasteiger partial charge in [0.25, 0.3) is 0 Å². The molecule has 0 heterocycles. The molecule has 0 amide bonds. The summed E-state index contributed by atoms with van der Waals surface area (Å²) in [6, 6.07) is 16.6. The minimum atomic E-state index is 0.0771. The summed E-state index contributed by atoms with van der Waals surface area (Å²) in [5.41, 5.74) is 6.44. The lowest BCUT2D eigenvalue weighted by atomic mass is 9.99. The summed E-state index contributed by atoms with van der Waals surface area (Å²) in [6.45, 7) is 0. The van der Waals surface area contributed by atoms with E-state index in [-0.39, 0.29) is 6.04 Å². The van der Waals surface area contributed by atoms with Crippen LogP contribution in [0.25, 0.3) is 0 Å². The van der Waals surface area contributed by atoms with Crippen LogP contribution in [-0.4, -0.2) is 21.2 Å². The Morgan fingerprint density at radius 2 is 1.86 bits per heavy atom. The Morgan fingerprint density at radius 3 is 2.43 bits per heavy atom. The number of rotatable bonds is 6. The fourth-order valence-corrected chi connectivity index (χ4v) is 2.31. The number of hydrogen-bond donors (Lipinski definition) is 2. The molecule has 0 aliphatic carbocycles. The number of hydrazine groups is 1. The smallest absolute Gasteiger partial charge is 0.119 e. The van der Waals surface area contributed by atoms with E-state index in [0.717, 1.165) is 12.2 Å². The topological polar surface area (TPSA) is 50.5 Å². The zero-order valence-electron chi connectivity index (χ0n) is 12.8. The minimum absolute atomic E-state index is 0.0771. The number of nitrogens with zero attached hydrogens (tertiary/aromatic N) is 1. The normalized spacial score (nSPS) is 12.0. The minimum Gasteiger partial charge on any atom is -0.497 e. The highest BCUT2D eigenvalue weighted by Gasteiger charge is 2.11. The average molecular weight is 285 g/mol. The molecule has 3 N–H and O–H groups in total. The zero-order valence-corrected chi connectivity index (χ0v) is 12.8. The summed E-state index contributed by atoms with van der Waals surface area (Å²) in [4.78, 5) is 2.08. The maximum Gasteiger partial charge on any atom is 0.119 e. The van der Waals surface area contributed by atoms with Crippen LogP contribution in [0.5, 0.6) is 5.75 Å². The Bertz CT molecular complexity index is 567. The summed E-state index contributed by atoms with van der Waals surface area (Å²) in [7, 11) is 5.74. The fraction of sp³-hybridized carbons (Fsp3) is 0.294. The average Bonchev–Trinajstić information content (AvgIpc) is 2.53. The van der Waals surface area contributed by atoms with Gasteiger partial charge in [-0.15, -0.1) is 0 Å². The fourth-order valence-electron chi connectivity index (χ4n) is 2.31. The van der Waals surface area contributed by atoms with Crippen LogP contribution in [0.3, 0.4) is 0 Å². The van der Waals surface area contributed by atoms with Gasteiger partial charge in [0.1, 0.15) is 5.75 Å². The Morgan fingerprint density at radius 1 is 1.14 bits per heavy atom. The second-order valence-corrected chi connectivity index (χ2v) is 5.26. The third-order valence-corrected chi connectivity index (χ3v) is 3.59. The Hall–Kier alpha value is -2.04. The van der Waals surface area contributed by atoms with Crippen molar-refractivity contribution in [3.63, 3.8) is 0 Å². The van der Waals surface area contributed by atoms with Gasteiger partial charge in [-0.05, 0) is 41.8 Å². The van der Waals surface area contributed by atoms with E-state index in [1.165, 1.54) is 16.8 Å². The van der Waals surface area contributed by atoms with Gasteiger partial charge in [-0.2, -0.15) is 0 Å². The second kappa shape index (κ2) is 7.11. The number of nitrogens with two attached hydrogens (primary N) is 1. The van der Waals surface area contributed by atoms with Crippen LogP contribution in [0.1, 0.15) is 17.2 Å². The second-order valence-electron chi connectivity index (χ2n) is 5.26. The number of anilines is 1. The van der Waals surface area contributed by atoms with Gasteiger partial charge in [0.2, 0.25) is 0 Å². The van der Waals surface area contributed by atoms with Gasteiger partial charge in [0.05, 0.1) is 7.11 Å². The summed E-state index contributed by atoms with van der Waals surface area (Å²) < 4.78 is 5.26. The van der Waals surface area contributed by atoms with Crippen LogP contribution in [0.2, 0.25) is 0 Å². The number of hydrogen-bond acceptors (Lipinski definition) is 4. The van der Waals surface area contributed by atoms with Gasteiger partial charge in [-0.25, -0.2) is 0 Å². The van der Waals surface area contributed by atoms with Crippen molar-refractivity contribution in [1.29, 1.82) is 0 Å². The zero-order chi connectivity index (χ0) is 15.2. The first-order chi connectivity index (χ1) is 10.1. The molecular formula is C17H23N3O. The van der Waals surface area contributed by atoms with Crippen molar-refractivity contribution in [1.82, 2.24) is 5.43 Å². The SMILES string of the molecule is COc1cccc(CC(NN)c2ccc(N(C)C)cc2)c1. The lowest BCUT2D eigenvalue weighted by molar-refractivity contribution is 0.414. The molecule has 1 atom stereocenters. The monoisotopic (exact) mass is 285 g/mol. The number of nitrogens with one attached hydrogen (secondary N) is 1. The lowest BCUT2D eigenvalue weighted by Crippen LogP contribution is -2.29. The third-order valence-electron chi connectivity index (χ3n) is 3.59. The Balaban J connectivity index is 2.15. The molecule has 0 spiro atoms. The molecule has 2 aromatic rings. The molecule has 0 saturated carbocycles. The van der Waals surface area contributed by atoms with E-state index in [1.807, 2.05) is 32.3 Å². The summed E-state index contributed by atoms with van der Waals surface area (Å²) in [5.74, 6) is 6.60. The van der Waals surface area contributed by atoms with Gasteiger partial charge < -0.3 is 9.64 Å². The maximum absolute atomic E-state index is 5.73. The first kappa shape index (κ1) is 15.4. The van der Waals surface area contributed by atoms with E-state index in [9.17, 15) is 0 Å². The molecule has 2 aromatic carbocycles. The van der Waals surface area contributed by atoms with E-state index in [2.05, 4.69) is 40.7 Å². The van der Waals surface area contributed by atoms with E-state index < -0.39 is 0 Å². The number of methoxy groups -OCH3 is 1. The van der Waals surface area contributed by atoms with E-state index in [0.29, 0.717) is 0 Å². The molecule has 0 saturated heterocycles. The van der Waals surface area contributed by atoms with E-state index in [1.54, 1.807) is 7.11 Å². The van der Waals surface area contributed by atoms with Crippen molar-refractivity contribution < 1.29 is 4.74 Å². The molecule has 0 bridgehead atoms. The van der Waals surface area contributed by atoms with Crippen LogP contribution in [0.4, 0.5) is 5.69 Å². The molecule has 4 nitrogen and oxygen atoms in total. The van der Waals surface area contributed by atoms with Gasteiger partial charge >= 0.3 is 0 Å². The van der Waals surface area contributed by atoms with Gasteiger partial charge in [0, 0.05) is 25.8 Å². The van der Waals surface area contributed by atoms with Crippen molar-refractivity contribution in [2.75, 3.05) is 26.1 Å². The van der Waals surface area contributed by atoms with E-state index in [4.69, 9.17) is 10.6 Å². The van der Waals surface area contributed by atoms with Crippen molar-refractivity contribution in [2.45, 2.75) is 12.5 Å². The highest BCUT2D eigenvalue weighted by molar-refractivity contribution is 5.46. The molecule has 2 rings (SSSR count). The van der Waals surface area contributed by atoms with E-state index >= 15 is 0 Å². The largest absolute Gasteiger partial charge is 0.497 e. The molecular weight excluding hydrogens is 262 g/mol. The highest BCUT2D eigenvalue weighted by Crippen LogP contribution is 2.22. The highest BCUT2D eigenvalue weighted by atomic mass is 16.5. The van der Waals surface area contributed by atoms with Crippen LogP contribution < -0.4 is 20.9 Å². The van der Waals surface area contributed by atoms with Crippen LogP contribution >= 0.6 is 0 Å². The summed E-state index contributed by atoms with van der Waals surface area (Å²) in [5, 5.41) is 0. The van der Waals surface area contributed by atoms with Gasteiger partial charge in [-0.3, -0.25) is 11.3 Å². The molecule has 0 aliphatic heterocycles. The molecule has 0 fully saturated rings. The standard InChI is InChI=1S/C17H23N3O/c1-20(2)15-9-7-14(8-10-15)17(19-18)12-13-5-4-6-16(11-13)21-3/h4-11,17,19H,12,18H2,1-3H3. The predicted molar refractivity (Wildman–Crippen MR) is 87.5 cm³/mol. The lowest BCUT2D eigenvalue weighted by Gasteiger charge is -2.19. The third kappa shape index (κ3) is 3.97. The molecule has 0 aliphatic rings. The van der Waals surface area contributed by atoms with Crippen molar-refractivity contribution in [3.05, 3.63) is 59.7 Å². The van der Waals surface area contributed by atoms with Crippen molar-refractivity contribution in [3.8, 4) is 5.75 Å². The van der Waals surface area contributed by atoms with Crippen molar-refractivity contribution in [2.24, 2.45) is 5.84 Å². The summed E-state index contributed by atoms with van der Waals surface area (Å²) in [6.07, 6.45) is 0.814. The summed E-state index contributed by atoms with van der Waals surface area (Å²) >= 11 is 0. The molecule has 0 aromatic heterocycles. The first-order valence-corrected chi connectivity index (χ1v) is 7.00. The van der Waals surface area contributed by atoms with Gasteiger partial charge in [0.15, 0.2) is 0 Å². The predicted octanol–water partition coefficient (Wildman–Crippen LogP) is 2.51. The quantitative estimate of drug-likeness (QED) is 0.632. The first-order valence-electron chi connectivity index (χ1n) is 7.00.